The van der Waals surface area contributed by atoms with Crippen molar-refractivity contribution in [1.29, 1.82) is 0 Å². The second-order valence-electron chi connectivity index (χ2n) is 4.31. The maximum absolute atomic E-state index is 11.7. The number of rotatable bonds is 2. The summed E-state index contributed by atoms with van der Waals surface area (Å²) in [6.07, 6.45) is 1.80. The highest BCUT2D eigenvalue weighted by Gasteiger charge is 2.08. The van der Waals surface area contributed by atoms with Gasteiger partial charge in [0.05, 0.1) is 0 Å². The monoisotopic (exact) mass is 216 g/mol. The van der Waals surface area contributed by atoms with Gasteiger partial charge in [-0.05, 0) is 34.6 Å². The zero-order valence-electron chi connectivity index (χ0n) is 9.58. The Morgan fingerprint density at radius 3 is 2.69 bits per heavy atom. The molecule has 0 aliphatic carbocycles. The van der Waals surface area contributed by atoms with Gasteiger partial charge < -0.3 is 10.7 Å². The van der Waals surface area contributed by atoms with Crippen molar-refractivity contribution in [3.05, 3.63) is 45.9 Å². The van der Waals surface area contributed by atoms with Gasteiger partial charge in [-0.15, -0.1) is 0 Å². The molecule has 2 rings (SSSR count). The largest absolute Gasteiger partial charge is 0.328 e. The molecule has 84 valence electrons. The lowest BCUT2D eigenvalue weighted by Crippen LogP contribution is -2.08. The van der Waals surface area contributed by atoms with E-state index in [0.29, 0.717) is 12.5 Å². The summed E-state index contributed by atoms with van der Waals surface area (Å²) in [6, 6.07) is 5.77. The van der Waals surface area contributed by atoms with Crippen LogP contribution in [0.3, 0.4) is 0 Å². The molecule has 0 bridgehead atoms. The van der Waals surface area contributed by atoms with E-state index in [1.165, 1.54) is 0 Å². The van der Waals surface area contributed by atoms with E-state index in [-0.39, 0.29) is 5.56 Å². The van der Waals surface area contributed by atoms with E-state index in [9.17, 15) is 4.79 Å². The van der Waals surface area contributed by atoms with Gasteiger partial charge >= 0.3 is 0 Å². The Morgan fingerprint density at radius 2 is 2.06 bits per heavy atom. The highest BCUT2D eigenvalue weighted by molar-refractivity contribution is 5.85. The smallest absolute Gasteiger partial charge is 0.255 e. The zero-order valence-corrected chi connectivity index (χ0v) is 9.58. The van der Waals surface area contributed by atoms with Crippen LogP contribution < -0.4 is 11.3 Å². The first-order valence-electron chi connectivity index (χ1n) is 5.47. The second-order valence-corrected chi connectivity index (χ2v) is 4.31. The maximum Gasteiger partial charge on any atom is 0.255 e. The van der Waals surface area contributed by atoms with E-state index in [1.54, 1.807) is 6.20 Å². The average Bonchev–Trinajstić information content (AvgIpc) is 2.28. The molecule has 2 aromatic rings. The fourth-order valence-electron chi connectivity index (χ4n) is 1.93. The summed E-state index contributed by atoms with van der Waals surface area (Å²) >= 11 is 0. The predicted octanol–water partition coefficient (Wildman–Crippen LogP) is 2.11. The fraction of sp³-hybridized carbons (Fsp3) is 0.308. The normalized spacial score (nSPS) is 11.2. The summed E-state index contributed by atoms with van der Waals surface area (Å²) < 4.78 is 0. The minimum Gasteiger partial charge on any atom is -0.328 e. The van der Waals surface area contributed by atoms with Crippen molar-refractivity contribution in [2.75, 3.05) is 0 Å². The SMILES string of the molecule is CC(C)c1c[nH]c(=O)c2ccc(CN)cc12. The zero-order chi connectivity index (χ0) is 11.7. The number of benzene rings is 1. The van der Waals surface area contributed by atoms with Gasteiger partial charge in [0.15, 0.2) is 0 Å². The first-order valence-corrected chi connectivity index (χ1v) is 5.47. The van der Waals surface area contributed by atoms with Crippen molar-refractivity contribution >= 4 is 10.8 Å². The number of nitrogens with one attached hydrogen (secondary N) is 1. The molecule has 0 radical (unpaired) electrons. The lowest BCUT2D eigenvalue weighted by Gasteiger charge is -2.10. The number of hydrogen-bond acceptors (Lipinski definition) is 2. The van der Waals surface area contributed by atoms with Crippen molar-refractivity contribution in [2.24, 2.45) is 5.73 Å². The van der Waals surface area contributed by atoms with Crippen LogP contribution in [0.1, 0.15) is 30.9 Å². The van der Waals surface area contributed by atoms with E-state index in [0.717, 1.165) is 21.9 Å². The van der Waals surface area contributed by atoms with Gasteiger partial charge in [0.25, 0.3) is 5.56 Å². The van der Waals surface area contributed by atoms with E-state index in [4.69, 9.17) is 5.73 Å². The van der Waals surface area contributed by atoms with Gasteiger partial charge in [-0.25, -0.2) is 0 Å². The number of H-pyrrole nitrogens is 1. The summed E-state index contributed by atoms with van der Waals surface area (Å²) in [5, 5.41) is 1.75. The second kappa shape index (κ2) is 4.10. The standard InChI is InChI=1S/C13H16N2O/c1-8(2)12-7-15-13(16)10-4-3-9(6-14)5-11(10)12/h3-5,7-8H,6,14H2,1-2H3,(H,15,16). The molecule has 0 atom stereocenters. The highest BCUT2D eigenvalue weighted by atomic mass is 16.1. The Bertz CT molecular complexity index is 570. The number of fused-ring (bicyclic) bond motifs is 1. The summed E-state index contributed by atoms with van der Waals surface area (Å²) in [5.41, 5.74) is 7.79. The van der Waals surface area contributed by atoms with Gasteiger partial charge in [-0.3, -0.25) is 4.79 Å². The van der Waals surface area contributed by atoms with Crippen LogP contribution in [-0.2, 0) is 6.54 Å². The molecule has 0 spiro atoms. The van der Waals surface area contributed by atoms with Crippen molar-refractivity contribution in [3.63, 3.8) is 0 Å². The Kier molecular flexibility index (Phi) is 2.79. The number of hydrogen-bond donors (Lipinski definition) is 2. The Morgan fingerprint density at radius 1 is 1.31 bits per heavy atom. The molecular weight excluding hydrogens is 200 g/mol. The van der Waals surface area contributed by atoms with E-state index >= 15 is 0 Å². The van der Waals surface area contributed by atoms with Crippen LogP contribution in [0.5, 0.6) is 0 Å². The molecule has 0 fully saturated rings. The predicted molar refractivity (Wildman–Crippen MR) is 66.5 cm³/mol. The van der Waals surface area contributed by atoms with Gasteiger partial charge in [0, 0.05) is 18.1 Å². The molecule has 1 aromatic heterocycles. The third-order valence-corrected chi connectivity index (χ3v) is 2.86. The molecule has 3 N–H and O–H groups in total. The molecule has 16 heavy (non-hydrogen) atoms. The fourth-order valence-corrected chi connectivity index (χ4v) is 1.93. The third-order valence-electron chi connectivity index (χ3n) is 2.86. The van der Waals surface area contributed by atoms with Crippen LogP contribution in [0.2, 0.25) is 0 Å². The average molecular weight is 216 g/mol. The number of aromatic amines is 1. The minimum absolute atomic E-state index is 0.0389. The maximum atomic E-state index is 11.7. The van der Waals surface area contributed by atoms with E-state index in [2.05, 4.69) is 18.8 Å². The number of pyridine rings is 1. The first-order chi connectivity index (χ1) is 7.63. The van der Waals surface area contributed by atoms with Crippen LogP contribution in [0.15, 0.2) is 29.2 Å². The summed E-state index contributed by atoms with van der Waals surface area (Å²) in [6.45, 7) is 4.73. The quantitative estimate of drug-likeness (QED) is 0.807. The van der Waals surface area contributed by atoms with Crippen molar-refractivity contribution in [3.8, 4) is 0 Å². The molecular formula is C13H16N2O. The van der Waals surface area contributed by atoms with Crippen LogP contribution in [0.25, 0.3) is 10.8 Å². The van der Waals surface area contributed by atoms with Crippen molar-refractivity contribution in [2.45, 2.75) is 26.3 Å². The molecule has 0 saturated carbocycles. The Balaban J connectivity index is 2.83. The molecule has 0 aliphatic heterocycles. The number of aromatic nitrogens is 1. The molecule has 1 aromatic carbocycles. The Labute approximate surface area is 94.3 Å². The van der Waals surface area contributed by atoms with Gasteiger partial charge in [0.1, 0.15) is 0 Å². The van der Waals surface area contributed by atoms with Crippen LogP contribution in [0, 0.1) is 0 Å². The van der Waals surface area contributed by atoms with Gasteiger partial charge in [0.2, 0.25) is 0 Å². The summed E-state index contributed by atoms with van der Waals surface area (Å²) in [5.74, 6) is 0.382. The van der Waals surface area contributed by atoms with Crippen LogP contribution in [-0.4, -0.2) is 4.98 Å². The molecule has 3 nitrogen and oxygen atoms in total. The van der Waals surface area contributed by atoms with Crippen LogP contribution in [0.4, 0.5) is 0 Å². The van der Waals surface area contributed by atoms with E-state index in [1.807, 2.05) is 18.2 Å². The first kappa shape index (κ1) is 10.9. The molecule has 3 heteroatoms. The third kappa shape index (κ3) is 1.74. The molecule has 0 amide bonds. The van der Waals surface area contributed by atoms with E-state index < -0.39 is 0 Å². The molecule has 1 heterocycles. The Hall–Kier alpha value is -1.61. The minimum atomic E-state index is -0.0389. The summed E-state index contributed by atoms with van der Waals surface area (Å²) in [4.78, 5) is 14.4. The van der Waals surface area contributed by atoms with Crippen molar-refractivity contribution < 1.29 is 0 Å². The lowest BCUT2D eigenvalue weighted by atomic mass is 9.97. The van der Waals surface area contributed by atoms with Gasteiger partial charge in [-0.2, -0.15) is 0 Å². The lowest BCUT2D eigenvalue weighted by molar-refractivity contribution is 0.867. The molecule has 0 aliphatic rings. The number of nitrogens with two attached hydrogens (primary N) is 1. The highest BCUT2D eigenvalue weighted by Crippen LogP contribution is 2.23. The molecule has 0 saturated heterocycles. The van der Waals surface area contributed by atoms with Crippen molar-refractivity contribution in [1.82, 2.24) is 4.98 Å². The topological polar surface area (TPSA) is 58.9 Å². The van der Waals surface area contributed by atoms with Crippen LogP contribution >= 0.6 is 0 Å². The molecule has 0 unspecified atom stereocenters. The van der Waals surface area contributed by atoms with Gasteiger partial charge in [-0.1, -0.05) is 19.9 Å². The summed E-state index contributed by atoms with van der Waals surface area (Å²) in [7, 11) is 0.